The fourth-order valence-electron chi connectivity index (χ4n) is 2.03. The van der Waals surface area contributed by atoms with E-state index in [4.69, 9.17) is 0 Å². The number of carbonyl (C=O) groups is 2. The van der Waals surface area contributed by atoms with Gasteiger partial charge in [-0.1, -0.05) is 0 Å². The maximum Gasteiger partial charge on any atom is 0.573 e. The second-order valence-electron chi connectivity index (χ2n) is 4.56. The first kappa shape index (κ1) is 15.9. The number of rotatable bonds is 3. The Balaban J connectivity index is 2.20. The average Bonchev–Trinajstić information content (AvgIpc) is 2.38. The molecule has 22 heavy (non-hydrogen) atoms. The Morgan fingerprint density at radius 3 is 2.55 bits per heavy atom. The number of hydrogen-bond donors (Lipinski definition) is 1. The van der Waals surface area contributed by atoms with E-state index in [9.17, 15) is 27.9 Å². The van der Waals surface area contributed by atoms with Crippen LogP contribution in [0.5, 0.6) is 11.5 Å². The monoisotopic (exact) mass is 319 g/mol. The zero-order valence-corrected chi connectivity index (χ0v) is 11.4. The predicted molar refractivity (Wildman–Crippen MR) is 66.2 cm³/mol. The van der Waals surface area contributed by atoms with Gasteiger partial charge in [-0.3, -0.25) is 4.79 Å². The zero-order chi connectivity index (χ0) is 16.5. The molecule has 1 heterocycles. The Kier molecular flexibility index (Phi) is 4.16. The lowest BCUT2D eigenvalue weighted by molar-refractivity contribution is -0.275. The molecule has 1 saturated heterocycles. The fraction of sp³-hybridized carbons (Fsp3) is 0.385. The van der Waals surface area contributed by atoms with E-state index in [0.29, 0.717) is 6.42 Å². The van der Waals surface area contributed by atoms with Crippen LogP contribution in [0.25, 0.3) is 0 Å². The van der Waals surface area contributed by atoms with Crippen LogP contribution in [0.3, 0.4) is 0 Å². The second kappa shape index (κ2) is 5.74. The average molecular weight is 319 g/mol. The van der Waals surface area contributed by atoms with E-state index < -0.39 is 35.8 Å². The fourth-order valence-corrected chi connectivity index (χ4v) is 2.03. The molecule has 6 nitrogen and oxygen atoms in total. The predicted octanol–water partition coefficient (Wildman–Crippen LogP) is 1.68. The van der Waals surface area contributed by atoms with Crippen LogP contribution in [0.2, 0.25) is 0 Å². The lowest BCUT2D eigenvalue weighted by Gasteiger charge is -2.38. The number of aromatic hydroxyl groups is 1. The van der Waals surface area contributed by atoms with Crippen molar-refractivity contribution in [3.8, 4) is 11.5 Å². The standard InChI is InChI=1S/C13H12F3NO5/c1-21-12(20)8-4-5-17(8)11(19)7-2-3-9(18)10(6-7)22-13(14,15)16/h2-3,6,8,18H,4-5H2,1H3. The van der Waals surface area contributed by atoms with Crippen molar-refractivity contribution in [1.82, 2.24) is 4.90 Å². The molecule has 1 atom stereocenters. The third-order valence-corrected chi connectivity index (χ3v) is 3.19. The van der Waals surface area contributed by atoms with Crippen molar-refractivity contribution in [2.45, 2.75) is 18.8 Å². The molecule has 1 amide bonds. The summed E-state index contributed by atoms with van der Waals surface area (Å²) >= 11 is 0. The number of esters is 1. The van der Waals surface area contributed by atoms with Gasteiger partial charge in [0.15, 0.2) is 11.5 Å². The van der Waals surface area contributed by atoms with Crippen LogP contribution >= 0.6 is 0 Å². The number of methoxy groups -OCH3 is 1. The van der Waals surface area contributed by atoms with E-state index in [2.05, 4.69) is 9.47 Å². The summed E-state index contributed by atoms with van der Waals surface area (Å²) in [4.78, 5) is 24.8. The van der Waals surface area contributed by atoms with Crippen LogP contribution in [0.1, 0.15) is 16.8 Å². The maximum absolute atomic E-state index is 12.2. The molecule has 9 heteroatoms. The van der Waals surface area contributed by atoms with Crippen LogP contribution in [0.15, 0.2) is 18.2 Å². The minimum Gasteiger partial charge on any atom is -0.504 e. The minimum atomic E-state index is -5.00. The Labute approximate surface area is 123 Å². The van der Waals surface area contributed by atoms with Gasteiger partial charge in [-0.05, 0) is 24.6 Å². The second-order valence-corrected chi connectivity index (χ2v) is 4.56. The molecule has 0 aromatic heterocycles. The summed E-state index contributed by atoms with van der Waals surface area (Å²) in [7, 11) is 1.18. The summed E-state index contributed by atoms with van der Waals surface area (Å²) in [6, 6.07) is 2.09. The van der Waals surface area contributed by atoms with Crippen LogP contribution in [-0.4, -0.2) is 47.9 Å². The highest BCUT2D eigenvalue weighted by atomic mass is 19.4. The summed E-state index contributed by atoms with van der Waals surface area (Å²) in [5, 5.41) is 9.34. The Hall–Kier alpha value is -2.45. The number of phenolic OH excluding ortho intramolecular Hbond substituents is 1. The lowest BCUT2D eigenvalue weighted by atomic mass is 10.0. The van der Waals surface area contributed by atoms with Gasteiger partial charge in [0.05, 0.1) is 7.11 Å². The molecule has 0 spiro atoms. The third kappa shape index (κ3) is 3.23. The largest absolute Gasteiger partial charge is 0.573 e. The van der Waals surface area contributed by atoms with E-state index in [1.165, 1.54) is 12.0 Å². The zero-order valence-electron chi connectivity index (χ0n) is 11.4. The number of likely N-dealkylation sites (tertiary alicyclic amines) is 1. The van der Waals surface area contributed by atoms with Crippen LogP contribution in [-0.2, 0) is 9.53 Å². The quantitative estimate of drug-likeness (QED) is 0.858. The van der Waals surface area contributed by atoms with Crippen molar-refractivity contribution in [2.75, 3.05) is 13.7 Å². The molecule has 1 N–H and O–H groups in total. The molecular weight excluding hydrogens is 307 g/mol. The van der Waals surface area contributed by atoms with Gasteiger partial charge in [0.1, 0.15) is 6.04 Å². The van der Waals surface area contributed by atoms with Crippen molar-refractivity contribution >= 4 is 11.9 Å². The summed E-state index contributed by atoms with van der Waals surface area (Å²) in [6.07, 6.45) is -4.58. The molecule has 0 radical (unpaired) electrons. The van der Waals surface area contributed by atoms with E-state index in [0.717, 1.165) is 18.2 Å². The first-order valence-corrected chi connectivity index (χ1v) is 6.20. The number of ether oxygens (including phenoxy) is 2. The highest BCUT2D eigenvalue weighted by Crippen LogP contribution is 2.33. The SMILES string of the molecule is COC(=O)C1CCN1C(=O)c1ccc(O)c(OC(F)(F)F)c1. The molecule has 2 rings (SSSR count). The molecule has 120 valence electrons. The molecule has 1 aromatic carbocycles. The van der Waals surface area contributed by atoms with E-state index in [1.807, 2.05) is 0 Å². The molecule has 1 fully saturated rings. The van der Waals surface area contributed by atoms with E-state index in [-0.39, 0.29) is 12.1 Å². The van der Waals surface area contributed by atoms with Crippen molar-refractivity contribution in [1.29, 1.82) is 0 Å². The minimum absolute atomic E-state index is 0.134. The topological polar surface area (TPSA) is 76.1 Å². The van der Waals surface area contributed by atoms with Crippen molar-refractivity contribution in [3.05, 3.63) is 23.8 Å². The van der Waals surface area contributed by atoms with Crippen molar-refractivity contribution in [3.63, 3.8) is 0 Å². The van der Waals surface area contributed by atoms with E-state index in [1.54, 1.807) is 0 Å². The van der Waals surface area contributed by atoms with Gasteiger partial charge in [-0.15, -0.1) is 13.2 Å². The number of phenols is 1. The van der Waals surface area contributed by atoms with E-state index >= 15 is 0 Å². The number of halogens is 3. The van der Waals surface area contributed by atoms with Gasteiger partial charge in [0.2, 0.25) is 0 Å². The number of nitrogens with zero attached hydrogens (tertiary/aromatic N) is 1. The van der Waals surface area contributed by atoms with Gasteiger partial charge in [-0.25, -0.2) is 4.79 Å². The third-order valence-electron chi connectivity index (χ3n) is 3.19. The summed E-state index contributed by atoms with van der Waals surface area (Å²) < 4.78 is 44.8. The molecule has 1 unspecified atom stereocenters. The first-order chi connectivity index (χ1) is 10.2. The van der Waals surface area contributed by atoms with Gasteiger partial charge < -0.3 is 19.5 Å². The maximum atomic E-state index is 12.2. The molecule has 0 bridgehead atoms. The molecule has 0 saturated carbocycles. The Morgan fingerprint density at radius 1 is 1.36 bits per heavy atom. The molecule has 1 aliphatic rings. The highest BCUT2D eigenvalue weighted by molar-refractivity contribution is 5.98. The number of benzene rings is 1. The molecule has 1 aliphatic heterocycles. The summed E-state index contributed by atoms with van der Waals surface area (Å²) in [6.45, 7) is 0.287. The van der Waals surface area contributed by atoms with Crippen LogP contribution in [0.4, 0.5) is 13.2 Å². The summed E-state index contributed by atoms with van der Waals surface area (Å²) in [5.74, 6) is -2.87. The summed E-state index contributed by atoms with van der Waals surface area (Å²) in [5.41, 5.74) is -0.134. The van der Waals surface area contributed by atoms with Crippen LogP contribution in [0, 0.1) is 0 Å². The van der Waals surface area contributed by atoms with Gasteiger partial charge in [0, 0.05) is 12.1 Å². The van der Waals surface area contributed by atoms with Gasteiger partial charge >= 0.3 is 12.3 Å². The number of carbonyl (C=O) groups excluding carboxylic acids is 2. The van der Waals surface area contributed by atoms with Crippen LogP contribution < -0.4 is 4.74 Å². The highest BCUT2D eigenvalue weighted by Gasteiger charge is 2.39. The number of hydrogen-bond acceptors (Lipinski definition) is 5. The van der Waals surface area contributed by atoms with Gasteiger partial charge in [-0.2, -0.15) is 0 Å². The Bertz CT molecular complexity index is 602. The van der Waals surface area contributed by atoms with Crippen molar-refractivity contribution < 1.29 is 37.3 Å². The first-order valence-electron chi connectivity index (χ1n) is 6.20. The molecule has 1 aromatic rings. The van der Waals surface area contributed by atoms with Crippen molar-refractivity contribution in [2.24, 2.45) is 0 Å². The smallest absolute Gasteiger partial charge is 0.504 e. The normalized spacial score (nSPS) is 17.6. The molecule has 0 aliphatic carbocycles. The Morgan fingerprint density at radius 2 is 2.05 bits per heavy atom. The number of alkyl halides is 3. The number of amides is 1. The lowest BCUT2D eigenvalue weighted by Crippen LogP contribution is -2.55. The molecular formula is C13H12F3NO5. The van der Waals surface area contributed by atoms with Gasteiger partial charge in [0.25, 0.3) is 5.91 Å².